The van der Waals surface area contributed by atoms with Gasteiger partial charge < -0.3 is 4.98 Å². The Morgan fingerprint density at radius 1 is 1.25 bits per heavy atom. The lowest BCUT2D eigenvalue weighted by Crippen LogP contribution is -2.12. The number of halogens is 2. The van der Waals surface area contributed by atoms with Gasteiger partial charge >= 0.3 is 0 Å². The van der Waals surface area contributed by atoms with E-state index < -0.39 is 0 Å². The summed E-state index contributed by atoms with van der Waals surface area (Å²) >= 11 is 9.19. The summed E-state index contributed by atoms with van der Waals surface area (Å²) in [5, 5.41) is 3.29. The van der Waals surface area contributed by atoms with Gasteiger partial charge in [-0.05, 0) is 46.3 Å². The highest BCUT2D eigenvalue weighted by molar-refractivity contribution is 9.10. The van der Waals surface area contributed by atoms with E-state index in [9.17, 15) is 4.79 Å². The fourth-order valence-corrected chi connectivity index (χ4v) is 2.33. The van der Waals surface area contributed by atoms with E-state index in [0.717, 1.165) is 11.0 Å². The van der Waals surface area contributed by atoms with E-state index in [2.05, 4.69) is 31.2 Å². The number of fused-ring (bicyclic) bond motifs is 1. The number of anilines is 1. The van der Waals surface area contributed by atoms with Gasteiger partial charge in [-0.15, -0.1) is 0 Å². The van der Waals surface area contributed by atoms with E-state index in [-0.39, 0.29) is 5.91 Å². The van der Waals surface area contributed by atoms with E-state index in [4.69, 9.17) is 11.6 Å². The van der Waals surface area contributed by atoms with Gasteiger partial charge in [0.15, 0.2) is 0 Å². The van der Waals surface area contributed by atoms with Crippen LogP contribution in [0.5, 0.6) is 0 Å². The third-order valence-corrected chi connectivity index (χ3v) is 4.02. The fourth-order valence-electron chi connectivity index (χ4n) is 1.83. The topological polar surface area (TPSA) is 57.8 Å². The molecule has 0 fully saturated rings. The van der Waals surface area contributed by atoms with Crippen LogP contribution < -0.4 is 5.32 Å². The van der Waals surface area contributed by atoms with Crippen LogP contribution in [0.4, 0.5) is 5.95 Å². The number of carbonyl (C=O) groups excluding carboxylic acids is 1. The Labute approximate surface area is 128 Å². The lowest BCUT2D eigenvalue weighted by Gasteiger charge is -2.03. The highest BCUT2D eigenvalue weighted by atomic mass is 79.9. The molecule has 0 unspecified atom stereocenters. The smallest absolute Gasteiger partial charge is 0.258 e. The molecular weight excluding hydrogens is 342 g/mol. The molecule has 0 radical (unpaired) electrons. The van der Waals surface area contributed by atoms with Crippen LogP contribution in [-0.2, 0) is 0 Å². The molecule has 0 spiro atoms. The zero-order valence-electron chi connectivity index (χ0n) is 10.2. The zero-order valence-corrected chi connectivity index (χ0v) is 12.5. The summed E-state index contributed by atoms with van der Waals surface area (Å²) in [5.74, 6) is 0.170. The number of para-hydroxylation sites is 2. The lowest BCUT2D eigenvalue weighted by atomic mass is 10.2. The van der Waals surface area contributed by atoms with Crippen molar-refractivity contribution in [1.29, 1.82) is 0 Å². The Bertz CT molecular complexity index is 767. The molecule has 0 aliphatic rings. The molecule has 1 aromatic heterocycles. The van der Waals surface area contributed by atoms with Crippen molar-refractivity contribution in [3.63, 3.8) is 0 Å². The minimum atomic E-state index is -0.249. The first kappa shape index (κ1) is 13.1. The molecule has 0 saturated heterocycles. The highest BCUT2D eigenvalue weighted by Gasteiger charge is 2.10. The van der Waals surface area contributed by atoms with Gasteiger partial charge in [-0.1, -0.05) is 23.7 Å². The highest BCUT2D eigenvalue weighted by Crippen LogP contribution is 2.23. The molecule has 1 heterocycles. The van der Waals surface area contributed by atoms with Crippen molar-refractivity contribution in [2.75, 3.05) is 5.32 Å². The second kappa shape index (κ2) is 5.26. The maximum atomic E-state index is 12.1. The normalized spacial score (nSPS) is 10.7. The maximum absolute atomic E-state index is 12.1. The van der Waals surface area contributed by atoms with Gasteiger partial charge in [0, 0.05) is 10.0 Å². The summed E-state index contributed by atoms with van der Waals surface area (Å²) in [6.45, 7) is 0. The number of hydrogen-bond acceptors (Lipinski definition) is 2. The number of nitrogens with zero attached hydrogens (tertiary/aromatic N) is 1. The van der Waals surface area contributed by atoms with E-state index in [0.29, 0.717) is 21.0 Å². The third-order valence-electron chi connectivity index (χ3n) is 2.80. The largest absolute Gasteiger partial charge is 0.324 e. The quantitative estimate of drug-likeness (QED) is 0.726. The minimum Gasteiger partial charge on any atom is -0.324 e. The Morgan fingerprint density at radius 3 is 2.80 bits per heavy atom. The molecule has 0 aliphatic heterocycles. The van der Waals surface area contributed by atoms with Crippen LogP contribution in [-0.4, -0.2) is 15.9 Å². The molecule has 0 atom stereocenters. The van der Waals surface area contributed by atoms with Crippen molar-refractivity contribution in [2.24, 2.45) is 0 Å². The molecule has 20 heavy (non-hydrogen) atoms. The van der Waals surface area contributed by atoms with Gasteiger partial charge in [-0.3, -0.25) is 10.1 Å². The SMILES string of the molecule is O=C(Nc1nc2ccccc2[nH]1)c1ccc(Cl)c(Br)c1. The predicted molar refractivity (Wildman–Crippen MR) is 83.2 cm³/mol. The lowest BCUT2D eigenvalue weighted by molar-refractivity contribution is 0.102. The second-order valence-electron chi connectivity index (χ2n) is 4.19. The number of imidazole rings is 1. The number of benzene rings is 2. The number of aromatic amines is 1. The molecule has 2 aromatic carbocycles. The Morgan fingerprint density at radius 2 is 2.05 bits per heavy atom. The summed E-state index contributed by atoms with van der Waals surface area (Å²) < 4.78 is 0.677. The van der Waals surface area contributed by atoms with E-state index >= 15 is 0 Å². The van der Waals surface area contributed by atoms with Crippen LogP contribution in [0, 0.1) is 0 Å². The Kier molecular flexibility index (Phi) is 3.46. The van der Waals surface area contributed by atoms with Gasteiger partial charge in [0.2, 0.25) is 5.95 Å². The number of hydrogen-bond donors (Lipinski definition) is 2. The third kappa shape index (κ3) is 2.55. The average molecular weight is 351 g/mol. The first-order chi connectivity index (χ1) is 9.63. The van der Waals surface area contributed by atoms with Gasteiger partial charge in [0.25, 0.3) is 5.91 Å². The molecule has 0 aliphatic carbocycles. The second-order valence-corrected chi connectivity index (χ2v) is 5.45. The Hall–Kier alpha value is -1.85. The molecule has 1 amide bonds. The molecule has 2 N–H and O–H groups in total. The summed E-state index contributed by atoms with van der Waals surface area (Å²) in [5.41, 5.74) is 2.18. The molecule has 0 bridgehead atoms. The van der Waals surface area contributed by atoms with Crippen LogP contribution in [0.3, 0.4) is 0 Å². The number of carbonyl (C=O) groups is 1. The van der Waals surface area contributed by atoms with Gasteiger partial charge in [0.1, 0.15) is 0 Å². The standard InChI is InChI=1S/C14H9BrClN3O/c15-9-7-8(5-6-10(9)16)13(20)19-14-17-11-3-1-2-4-12(11)18-14/h1-7H,(H2,17,18,19,20). The zero-order chi connectivity index (χ0) is 14.1. The van der Waals surface area contributed by atoms with Crippen molar-refractivity contribution >= 4 is 50.4 Å². The first-order valence-electron chi connectivity index (χ1n) is 5.84. The number of rotatable bonds is 2. The van der Waals surface area contributed by atoms with Crippen LogP contribution in [0.15, 0.2) is 46.9 Å². The van der Waals surface area contributed by atoms with Crippen molar-refractivity contribution < 1.29 is 4.79 Å². The monoisotopic (exact) mass is 349 g/mol. The summed E-state index contributed by atoms with van der Waals surface area (Å²) in [6, 6.07) is 12.6. The van der Waals surface area contributed by atoms with E-state index in [1.54, 1.807) is 18.2 Å². The predicted octanol–water partition coefficient (Wildman–Crippen LogP) is 4.23. The van der Waals surface area contributed by atoms with Crippen LogP contribution >= 0.6 is 27.5 Å². The fraction of sp³-hybridized carbons (Fsp3) is 0. The van der Waals surface area contributed by atoms with Gasteiger partial charge in [0.05, 0.1) is 16.1 Å². The van der Waals surface area contributed by atoms with Gasteiger partial charge in [-0.25, -0.2) is 4.98 Å². The molecule has 4 nitrogen and oxygen atoms in total. The molecule has 100 valence electrons. The molecule has 0 saturated carbocycles. The van der Waals surface area contributed by atoms with E-state index in [1.807, 2.05) is 24.3 Å². The van der Waals surface area contributed by atoms with Crippen molar-refractivity contribution in [2.45, 2.75) is 0 Å². The van der Waals surface area contributed by atoms with Crippen molar-refractivity contribution in [3.05, 3.63) is 57.5 Å². The molecule has 3 aromatic rings. The van der Waals surface area contributed by atoms with Crippen LogP contribution in [0.1, 0.15) is 10.4 Å². The van der Waals surface area contributed by atoms with Crippen molar-refractivity contribution in [1.82, 2.24) is 9.97 Å². The van der Waals surface area contributed by atoms with Gasteiger partial charge in [-0.2, -0.15) is 0 Å². The summed E-state index contributed by atoms with van der Waals surface area (Å²) in [6.07, 6.45) is 0. The molecule has 6 heteroatoms. The average Bonchev–Trinajstić information content (AvgIpc) is 2.83. The number of H-pyrrole nitrogens is 1. The maximum Gasteiger partial charge on any atom is 0.258 e. The number of amides is 1. The van der Waals surface area contributed by atoms with E-state index in [1.165, 1.54) is 0 Å². The van der Waals surface area contributed by atoms with Crippen LogP contribution in [0.25, 0.3) is 11.0 Å². The summed E-state index contributed by atoms with van der Waals surface area (Å²) in [4.78, 5) is 19.5. The van der Waals surface area contributed by atoms with Crippen LogP contribution in [0.2, 0.25) is 5.02 Å². The molecular formula is C14H9BrClN3O. The minimum absolute atomic E-state index is 0.249. The van der Waals surface area contributed by atoms with Crippen molar-refractivity contribution in [3.8, 4) is 0 Å². The molecule has 3 rings (SSSR count). The number of aromatic nitrogens is 2. The Balaban J connectivity index is 1.86. The first-order valence-corrected chi connectivity index (χ1v) is 7.02. The summed E-state index contributed by atoms with van der Waals surface area (Å²) in [7, 11) is 0. The number of nitrogens with one attached hydrogen (secondary N) is 2.